The first-order chi connectivity index (χ1) is 9.22. The fraction of sp³-hybridized carbons (Fsp3) is 0.250. The maximum atomic E-state index is 11.6. The number of pyridine rings is 1. The zero-order valence-electron chi connectivity index (χ0n) is 9.88. The highest BCUT2D eigenvalue weighted by Crippen LogP contribution is 2.35. The molecule has 0 unspecified atom stereocenters. The van der Waals surface area contributed by atoms with E-state index in [1.54, 1.807) is 12.3 Å². The number of amides is 1. The van der Waals surface area contributed by atoms with E-state index in [4.69, 9.17) is 11.6 Å². The van der Waals surface area contributed by atoms with Crippen LogP contribution in [0.4, 0.5) is 11.5 Å². The van der Waals surface area contributed by atoms with Gasteiger partial charge in [0, 0.05) is 25.7 Å². The smallest absolute Gasteiger partial charge is 0.267 e. The number of hydrogen-bond donors (Lipinski definition) is 0. The van der Waals surface area contributed by atoms with Crippen LogP contribution >= 0.6 is 11.6 Å². The monoisotopic (exact) mass is 274 g/mol. The van der Waals surface area contributed by atoms with E-state index < -0.39 is 0 Å². The van der Waals surface area contributed by atoms with Gasteiger partial charge in [-0.15, -0.1) is 0 Å². The topological polar surface area (TPSA) is 61.2 Å². The van der Waals surface area contributed by atoms with Crippen LogP contribution in [0.3, 0.4) is 0 Å². The van der Waals surface area contributed by atoms with Crippen molar-refractivity contribution in [1.29, 1.82) is 0 Å². The summed E-state index contributed by atoms with van der Waals surface area (Å²) in [6.07, 6.45) is 3.69. The van der Waals surface area contributed by atoms with Crippen molar-refractivity contribution < 1.29 is 4.79 Å². The lowest BCUT2D eigenvalue weighted by molar-refractivity contribution is -0.115. The van der Waals surface area contributed by atoms with E-state index in [0.717, 1.165) is 24.6 Å². The Kier molecular flexibility index (Phi) is 2.17. The zero-order chi connectivity index (χ0) is 13.0. The van der Waals surface area contributed by atoms with Crippen LogP contribution in [0.25, 0.3) is 0 Å². The highest BCUT2D eigenvalue weighted by molar-refractivity contribution is 6.50. The molecule has 1 saturated heterocycles. The molecule has 1 radical (unpaired) electrons. The molecule has 19 heavy (non-hydrogen) atoms. The van der Waals surface area contributed by atoms with E-state index >= 15 is 0 Å². The maximum Gasteiger partial charge on any atom is 0.267 e. The lowest BCUT2D eigenvalue weighted by atomic mass is 10.2. The van der Waals surface area contributed by atoms with Crippen LogP contribution < -0.4 is 4.90 Å². The van der Waals surface area contributed by atoms with Crippen molar-refractivity contribution >= 4 is 40.7 Å². The summed E-state index contributed by atoms with van der Waals surface area (Å²) < 4.78 is 0. The molecule has 4 rings (SSSR count). The second-order valence-electron chi connectivity index (χ2n) is 4.54. The molecule has 4 heterocycles. The highest BCUT2D eigenvalue weighted by atomic mass is 35.5. The van der Waals surface area contributed by atoms with Crippen molar-refractivity contribution in [3.63, 3.8) is 0 Å². The second-order valence-corrected chi connectivity index (χ2v) is 4.98. The molecule has 1 fully saturated rings. The number of hydrogen-bond acceptors (Lipinski definition) is 5. The number of aliphatic imine (C=N–C) groups is 2. The molecule has 0 aliphatic carbocycles. The molecule has 0 saturated carbocycles. The van der Waals surface area contributed by atoms with E-state index in [0.29, 0.717) is 16.7 Å². The minimum Gasteiger partial charge on any atom is -0.353 e. The molecule has 95 valence electrons. The molecule has 0 spiro atoms. The van der Waals surface area contributed by atoms with E-state index in [2.05, 4.69) is 26.3 Å². The Morgan fingerprint density at radius 3 is 2.79 bits per heavy atom. The van der Waals surface area contributed by atoms with Gasteiger partial charge in [0.2, 0.25) is 0 Å². The quantitative estimate of drug-likeness (QED) is 0.709. The fourth-order valence-corrected chi connectivity index (χ4v) is 2.45. The minimum atomic E-state index is -0.167. The Hall–Kier alpha value is -1.95. The molecule has 3 aliphatic rings. The van der Waals surface area contributed by atoms with Crippen LogP contribution in [-0.2, 0) is 4.79 Å². The Balaban J connectivity index is 1.89. The number of halogens is 1. The molecule has 0 aromatic carbocycles. The summed E-state index contributed by atoms with van der Waals surface area (Å²) in [5.74, 6) is 1.74. The average Bonchev–Trinajstić information content (AvgIpc) is 2.70. The summed E-state index contributed by atoms with van der Waals surface area (Å²) >= 11 is 5.96. The number of aromatic nitrogens is 1. The normalized spacial score (nSPS) is 20.6. The molecule has 0 N–H and O–H groups in total. The summed E-state index contributed by atoms with van der Waals surface area (Å²) in [6, 6.07) is 1.76. The first kappa shape index (κ1) is 10.9. The highest BCUT2D eigenvalue weighted by Gasteiger charge is 2.37. The van der Waals surface area contributed by atoms with Gasteiger partial charge < -0.3 is 9.80 Å². The summed E-state index contributed by atoms with van der Waals surface area (Å²) in [5, 5.41) is 0.522. The average molecular weight is 275 g/mol. The number of nitrogens with zero attached hydrogens (tertiary/aromatic N) is 5. The van der Waals surface area contributed by atoms with Gasteiger partial charge in [-0.25, -0.2) is 9.98 Å². The SMILES string of the molecule is O=C1CN2C(=N1)C(N1C[CH]C1)=Nc1ncc(Cl)cc12. The maximum absolute atomic E-state index is 11.6. The standard InChI is InChI=1S/C12H9ClN5O/c13-7-4-8-10(14-5-7)16-11(17-2-1-3-17)12-15-9(19)6-18(8)12/h1,4-5H,2-3,6H2. The lowest BCUT2D eigenvalue weighted by Gasteiger charge is -2.37. The largest absolute Gasteiger partial charge is 0.353 e. The van der Waals surface area contributed by atoms with Gasteiger partial charge in [-0.05, 0) is 6.07 Å². The molecular weight excluding hydrogens is 266 g/mol. The van der Waals surface area contributed by atoms with Gasteiger partial charge in [-0.1, -0.05) is 11.6 Å². The third kappa shape index (κ3) is 1.56. The molecule has 3 aliphatic heterocycles. The molecule has 1 aromatic heterocycles. The van der Waals surface area contributed by atoms with Crippen LogP contribution in [-0.4, -0.2) is 47.1 Å². The molecular formula is C12H9ClN5O. The predicted octanol–water partition coefficient (Wildman–Crippen LogP) is 1.04. The minimum absolute atomic E-state index is 0.167. The van der Waals surface area contributed by atoms with Gasteiger partial charge in [0.05, 0.1) is 10.7 Å². The number of carbonyl (C=O) groups is 1. The van der Waals surface area contributed by atoms with E-state index in [9.17, 15) is 4.79 Å². The van der Waals surface area contributed by atoms with Crippen LogP contribution in [0.1, 0.15) is 0 Å². The third-order valence-corrected chi connectivity index (χ3v) is 3.50. The first-order valence-electron chi connectivity index (χ1n) is 5.92. The van der Waals surface area contributed by atoms with Crippen molar-refractivity contribution in [2.75, 3.05) is 24.5 Å². The van der Waals surface area contributed by atoms with Gasteiger partial charge in [0.1, 0.15) is 6.54 Å². The van der Waals surface area contributed by atoms with Crippen LogP contribution in [0.2, 0.25) is 5.02 Å². The number of carbonyl (C=O) groups excluding carboxylic acids is 1. The van der Waals surface area contributed by atoms with E-state index in [1.165, 1.54) is 0 Å². The van der Waals surface area contributed by atoms with Gasteiger partial charge in [0.25, 0.3) is 5.91 Å². The van der Waals surface area contributed by atoms with Crippen molar-refractivity contribution in [2.24, 2.45) is 9.98 Å². The molecule has 1 aromatic rings. The van der Waals surface area contributed by atoms with Gasteiger partial charge >= 0.3 is 0 Å². The molecule has 0 bridgehead atoms. The summed E-state index contributed by atoms with van der Waals surface area (Å²) in [4.78, 5) is 28.3. The number of amidine groups is 2. The fourth-order valence-electron chi connectivity index (χ4n) is 2.29. The Morgan fingerprint density at radius 2 is 2.05 bits per heavy atom. The van der Waals surface area contributed by atoms with Crippen molar-refractivity contribution in [3.05, 3.63) is 23.7 Å². The predicted molar refractivity (Wildman–Crippen MR) is 72.0 cm³/mol. The first-order valence-corrected chi connectivity index (χ1v) is 6.30. The molecule has 7 heteroatoms. The van der Waals surface area contributed by atoms with Gasteiger partial charge in [-0.2, -0.15) is 4.99 Å². The van der Waals surface area contributed by atoms with Gasteiger partial charge in [-0.3, -0.25) is 4.79 Å². The van der Waals surface area contributed by atoms with Crippen molar-refractivity contribution in [3.8, 4) is 0 Å². The second kappa shape index (κ2) is 3.77. The van der Waals surface area contributed by atoms with Crippen molar-refractivity contribution in [1.82, 2.24) is 9.88 Å². The number of likely N-dealkylation sites (tertiary alicyclic amines) is 1. The van der Waals surface area contributed by atoms with Crippen molar-refractivity contribution in [2.45, 2.75) is 0 Å². The van der Waals surface area contributed by atoms with E-state index in [-0.39, 0.29) is 12.5 Å². The lowest BCUT2D eigenvalue weighted by Crippen LogP contribution is -2.51. The number of fused-ring (bicyclic) bond motifs is 3. The molecule has 6 nitrogen and oxygen atoms in total. The Morgan fingerprint density at radius 1 is 1.21 bits per heavy atom. The van der Waals surface area contributed by atoms with Crippen LogP contribution in [0.5, 0.6) is 0 Å². The number of anilines is 1. The summed E-state index contributed by atoms with van der Waals surface area (Å²) in [5.41, 5.74) is 0.741. The number of rotatable bonds is 0. The Bertz CT molecular complexity index is 650. The van der Waals surface area contributed by atoms with E-state index in [1.807, 2.05) is 4.90 Å². The Labute approximate surface area is 114 Å². The zero-order valence-corrected chi connectivity index (χ0v) is 10.6. The van der Waals surface area contributed by atoms with Crippen LogP contribution in [0.15, 0.2) is 22.2 Å². The van der Waals surface area contributed by atoms with Crippen LogP contribution in [0, 0.1) is 6.42 Å². The van der Waals surface area contributed by atoms with Gasteiger partial charge in [0.15, 0.2) is 17.5 Å². The molecule has 0 atom stereocenters. The summed E-state index contributed by atoms with van der Waals surface area (Å²) in [7, 11) is 0. The molecule has 1 amide bonds. The summed E-state index contributed by atoms with van der Waals surface area (Å²) in [6.45, 7) is 1.87. The third-order valence-electron chi connectivity index (χ3n) is 3.29.